The van der Waals surface area contributed by atoms with Crippen LogP contribution in [0.2, 0.25) is 0 Å². The highest BCUT2D eigenvalue weighted by atomic mass is 19.4. The van der Waals surface area contributed by atoms with E-state index in [2.05, 4.69) is 5.10 Å². The number of hydrazone groups is 1. The number of rotatable bonds is 4. The van der Waals surface area contributed by atoms with E-state index in [-0.39, 0.29) is 23.1 Å². The van der Waals surface area contributed by atoms with Crippen LogP contribution in [-0.2, 0) is 6.61 Å². The molecule has 0 saturated carbocycles. The van der Waals surface area contributed by atoms with Gasteiger partial charge in [-0.2, -0.15) is 23.3 Å². The number of carbonyl (C=O) groups excluding carboxylic acids is 1. The molecule has 0 fully saturated rings. The Labute approximate surface area is 146 Å². The van der Waals surface area contributed by atoms with Crippen LogP contribution in [0.15, 0.2) is 45.9 Å². The fourth-order valence-corrected chi connectivity index (χ4v) is 2.42. The molecule has 0 radical (unpaired) electrons. The molecule has 0 spiro atoms. The maximum Gasteiger partial charge on any atom is 0.438 e. The second-order valence-electron chi connectivity index (χ2n) is 5.80. The Kier molecular flexibility index (Phi) is 4.49. The van der Waals surface area contributed by atoms with E-state index in [9.17, 15) is 23.1 Å². The summed E-state index contributed by atoms with van der Waals surface area (Å²) in [4.78, 5) is 12.3. The Morgan fingerprint density at radius 1 is 1.38 bits per heavy atom. The molecule has 3 rings (SSSR count). The van der Waals surface area contributed by atoms with Crippen molar-refractivity contribution in [1.29, 1.82) is 0 Å². The first-order valence-electron chi connectivity index (χ1n) is 7.65. The van der Waals surface area contributed by atoms with Gasteiger partial charge >= 0.3 is 12.1 Å². The Morgan fingerprint density at radius 3 is 2.85 bits per heavy atom. The minimum absolute atomic E-state index is 0.0104. The van der Waals surface area contributed by atoms with Crippen molar-refractivity contribution >= 4 is 12.1 Å². The molecule has 0 saturated heterocycles. The first-order valence-corrected chi connectivity index (χ1v) is 7.65. The van der Waals surface area contributed by atoms with Crippen LogP contribution in [0.4, 0.5) is 13.2 Å². The first kappa shape index (κ1) is 18.0. The number of amides is 1. The summed E-state index contributed by atoms with van der Waals surface area (Å²) in [5, 5.41) is 13.1. The van der Waals surface area contributed by atoms with Crippen LogP contribution in [0, 0.1) is 6.92 Å². The van der Waals surface area contributed by atoms with Gasteiger partial charge in [-0.25, -0.2) is 0 Å². The molecule has 0 bridgehead atoms. The summed E-state index contributed by atoms with van der Waals surface area (Å²) in [6.07, 6.45) is -5.06. The van der Waals surface area contributed by atoms with Gasteiger partial charge in [-0.3, -0.25) is 4.79 Å². The molecule has 0 unspecified atom stereocenters. The smallest absolute Gasteiger partial charge is 0.438 e. The minimum Gasteiger partial charge on any atom is -0.486 e. The van der Waals surface area contributed by atoms with Gasteiger partial charge in [-0.1, -0.05) is 12.1 Å². The molecule has 0 aliphatic carbocycles. The summed E-state index contributed by atoms with van der Waals surface area (Å²) in [5.41, 5.74) is -2.38. The third-order valence-electron chi connectivity index (χ3n) is 3.81. The molecular weight excluding hydrogens is 353 g/mol. The van der Waals surface area contributed by atoms with Crippen LogP contribution in [0.3, 0.4) is 0 Å². The van der Waals surface area contributed by atoms with Crippen molar-refractivity contribution in [3.8, 4) is 5.75 Å². The summed E-state index contributed by atoms with van der Waals surface area (Å²) >= 11 is 0. The molecular formula is C17H15F3N2O4. The SMILES string of the molecule is Cc1cccc(OCc2ccc(C(=O)N3N=CC[C@]3(O)C(F)(F)F)o2)c1. The lowest BCUT2D eigenvalue weighted by molar-refractivity contribution is -0.297. The van der Waals surface area contributed by atoms with Gasteiger partial charge in [-0.15, -0.1) is 0 Å². The predicted octanol–water partition coefficient (Wildman–Crippen LogP) is 3.25. The fourth-order valence-electron chi connectivity index (χ4n) is 2.42. The largest absolute Gasteiger partial charge is 0.486 e. The van der Waals surface area contributed by atoms with Crippen molar-refractivity contribution < 1.29 is 32.2 Å². The van der Waals surface area contributed by atoms with Crippen LogP contribution < -0.4 is 4.74 Å². The molecule has 1 atom stereocenters. The van der Waals surface area contributed by atoms with Crippen molar-refractivity contribution in [1.82, 2.24) is 5.01 Å². The zero-order valence-corrected chi connectivity index (χ0v) is 13.7. The van der Waals surface area contributed by atoms with Crippen LogP contribution in [0.5, 0.6) is 5.75 Å². The standard InChI is InChI=1S/C17H15F3N2O4/c1-11-3-2-4-12(9-11)25-10-13-5-6-14(26-13)15(23)22-16(24,7-8-21-22)17(18,19)20/h2-6,8-9,24H,7,10H2,1H3/t16-/m0/s1. The van der Waals surface area contributed by atoms with Gasteiger partial charge in [0.15, 0.2) is 5.76 Å². The Hall–Kier alpha value is -2.81. The minimum atomic E-state index is -5.05. The number of aliphatic hydroxyl groups is 1. The van der Waals surface area contributed by atoms with Crippen LogP contribution >= 0.6 is 0 Å². The third-order valence-corrected chi connectivity index (χ3v) is 3.81. The topological polar surface area (TPSA) is 75.3 Å². The molecule has 1 aliphatic rings. The summed E-state index contributed by atoms with van der Waals surface area (Å²) in [6, 6.07) is 9.87. The maximum atomic E-state index is 13.0. The second-order valence-corrected chi connectivity index (χ2v) is 5.80. The number of nitrogens with zero attached hydrogens (tertiary/aromatic N) is 2. The monoisotopic (exact) mass is 368 g/mol. The van der Waals surface area contributed by atoms with E-state index in [4.69, 9.17) is 9.15 Å². The quantitative estimate of drug-likeness (QED) is 0.899. The van der Waals surface area contributed by atoms with E-state index in [0.717, 1.165) is 11.8 Å². The lowest BCUT2D eigenvalue weighted by Gasteiger charge is -2.31. The van der Waals surface area contributed by atoms with Gasteiger partial charge in [0.2, 0.25) is 0 Å². The molecule has 26 heavy (non-hydrogen) atoms. The molecule has 2 heterocycles. The highest BCUT2D eigenvalue weighted by Crippen LogP contribution is 2.39. The molecule has 1 aromatic carbocycles. The number of hydrogen-bond acceptors (Lipinski definition) is 5. The van der Waals surface area contributed by atoms with Crippen LogP contribution in [0.25, 0.3) is 0 Å². The summed E-state index contributed by atoms with van der Waals surface area (Å²) in [5.74, 6) is -0.742. The molecule has 1 N–H and O–H groups in total. The lowest BCUT2D eigenvalue weighted by Crippen LogP contribution is -2.56. The maximum absolute atomic E-state index is 13.0. The normalized spacial score (nSPS) is 19.8. The Balaban J connectivity index is 1.71. The first-order chi connectivity index (χ1) is 12.2. The van der Waals surface area contributed by atoms with Crippen molar-refractivity contribution in [3.05, 3.63) is 53.5 Å². The number of carbonyl (C=O) groups is 1. The molecule has 9 heteroatoms. The molecule has 2 aromatic rings. The summed E-state index contributed by atoms with van der Waals surface area (Å²) < 4.78 is 49.9. The molecule has 1 aromatic heterocycles. The van der Waals surface area contributed by atoms with E-state index in [1.807, 2.05) is 19.1 Å². The van der Waals surface area contributed by atoms with E-state index in [1.54, 1.807) is 12.1 Å². The highest BCUT2D eigenvalue weighted by Gasteiger charge is 2.61. The number of hydrogen-bond donors (Lipinski definition) is 1. The fraction of sp³-hybridized carbons (Fsp3) is 0.294. The number of halogens is 3. The van der Waals surface area contributed by atoms with Gasteiger partial charge in [0.05, 0.1) is 0 Å². The number of alkyl halides is 3. The van der Waals surface area contributed by atoms with E-state index in [1.165, 1.54) is 12.1 Å². The van der Waals surface area contributed by atoms with E-state index in [0.29, 0.717) is 5.75 Å². The number of furan rings is 1. The molecule has 1 aliphatic heterocycles. The van der Waals surface area contributed by atoms with Gasteiger partial charge in [0.1, 0.15) is 18.1 Å². The molecule has 6 nitrogen and oxygen atoms in total. The van der Waals surface area contributed by atoms with Crippen molar-refractivity contribution in [2.45, 2.75) is 31.9 Å². The molecule has 138 valence electrons. The van der Waals surface area contributed by atoms with Crippen molar-refractivity contribution in [3.63, 3.8) is 0 Å². The average molecular weight is 368 g/mol. The van der Waals surface area contributed by atoms with E-state index < -0.39 is 24.2 Å². The Bertz CT molecular complexity index is 847. The van der Waals surface area contributed by atoms with Gasteiger partial charge < -0.3 is 14.3 Å². The van der Waals surface area contributed by atoms with Crippen LogP contribution in [-0.4, -0.2) is 34.1 Å². The zero-order valence-electron chi connectivity index (χ0n) is 13.7. The average Bonchev–Trinajstić information content (AvgIpc) is 3.19. The van der Waals surface area contributed by atoms with Gasteiger partial charge in [0, 0.05) is 12.6 Å². The number of ether oxygens (including phenoxy) is 1. The summed E-state index contributed by atoms with van der Waals surface area (Å²) in [6.45, 7) is 1.89. The highest BCUT2D eigenvalue weighted by molar-refractivity contribution is 5.93. The summed E-state index contributed by atoms with van der Waals surface area (Å²) in [7, 11) is 0. The Morgan fingerprint density at radius 2 is 2.15 bits per heavy atom. The third kappa shape index (κ3) is 3.30. The molecule has 1 amide bonds. The van der Waals surface area contributed by atoms with Crippen LogP contribution in [0.1, 0.15) is 28.3 Å². The van der Waals surface area contributed by atoms with Crippen molar-refractivity contribution in [2.75, 3.05) is 0 Å². The second kappa shape index (κ2) is 6.49. The predicted molar refractivity (Wildman–Crippen MR) is 84.5 cm³/mol. The lowest BCUT2D eigenvalue weighted by atomic mass is 10.1. The zero-order chi connectivity index (χ0) is 18.9. The van der Waals surface area contributed by atoms with Gasteiger partial charge in [-0.05, 0) is 36.8 Å². The van der Waals surface area contributed by atoms with E-state index >= 15 is 0 Å². The van der Waals surface area contributed by atoms with Gasteiger partial charge in [0.25, 0.3) is 5.72 Å². The number of benzene rings is 1. The van der Waals surface area contributed by atoms with Crippen molar-refractivity contribution in [2.24, 2.45) is 5.10 Å². The number of aryl methyl sites for hydroxylation is 1.